The molecule has 180 valence electrons. The lowest BCUT2D eigenvalue weighted by Gasteiger charge is -2.33. The highest BCUT2D eigenvalue weighted by Crippen LogP contribution is 2.57. The molecule has 3 amide bonds. The van der Waals surface area contributed by atoms with Gasteiger partial charge in [0.2, 0.25) is 0 Å². The lowest BCUT2D eigenvalue weighted by molar-refractivity contribution is -0.125. The van der Waals surface area contributed by atoms with E-state index in [0.717, 1.165) is 4.31 Å². The molecule has 1 saturated carbocycles. The summed E-state index contributed by atoms with van der Waals surface area (Å²) in [7, 11) is -4.05. The van der Waals surface area contributed by atoms with Crippen LogP contribution >= 0.6 is 0 Å². The molecule has 7 rings (SSSR count). The number of ether oxygens (including phenoxy) is 3. The van der Waals surface area contributed by atoms with Gasteiger partial charge in [0, 0.05) is 24.7 Å². The van der Waals surface area contributed by atoms with Crippen LogP contribution in [0.25, 0.3) is 0 Å². The van der Waals surface area contributed by atoms with Crippen molar-refractivity contribution < 1.29 is 37.0 Å². The van der Waals surface area contributed by atoms with Crippen molar-refractivity contribution in [3.63, 3.8) is 0 Å². The molecule has 0 N–H and O–H groups in total. The molecule has 1 aliphatic carbocycles. The summed E-state index contributed by atoms with van der Waals surface area (Å²) >= 11 is 0. The molecular weight excluding hydrogens is 478 g/mol. The number of rotatable bonds is 2. The number of sulfonamides is 1. The Balaban J connectivity index is 1.20. The zero-order valence-corrected chi connectivity index (χ0v) is 19.1. The minimum atomic E-state index is -4.05. The summed E-state index contributed by atoms with van der Waals surface area (Å²) in [4.78, 5) is 41.2. The second-order valence-corrected chi connectivity index (χ2v) is 10.9. The van der Waals surface area contributed by atoms with Gasteiger partial charge >= 0.3 is 6.09 Å². The molecule has 4 aliphatic heterocycles. The van der Waals surface area contributed by atoms with Gasteiger partial charge in [-0.3, -0.25) is 14.5 Å². The number of morpholine rings is 1. The van der Waals surface area contributed by atoms with Crippen LogP contribution in [0.2, 0.25) is 0 Å². The van der Waals surface area contributed by atoms with E-state index in [1.54, 1.807) is 35.2 Å². The van der Waals surface area contributed by atoms with Gasteiger partial charge in [-0.1, -0.05) is 12.1 Å². The van der Waals surface area contributed by atoms with E-state index in [1.807, 2.05) is 0 Å². The zero-order valence-electron chi connectivity index (χ0n) is 18.2. The van der Waals surface area contributed by atoms with Gasteiger partial charge in [-0.2, -0.15) is 0 Å². The Morgan fingerprint density at radius 1 is 1.03 bits per heavy atom. The SMILES string of the molecule is O=C1COCCN1c1ccc2c(c1)OC[C@@H]1N2C(=O)OC12CC2N1C(=O)c2ccccc2S1(=O)=O. The summed E-state index contributed by atoms with van der Waals surface area (Å²) in [6, 6.07) is 9.75. The molecule has 12 heteroatoms. The maximum absolute atomic E-state index is 13.1. The third-order valence-electron chi connectivity index (χ3n) is 7.30. The van der Waals surface area contributed by atoms with Crippen LogP contribution in [0.5, 0.6) is 5.75 Å². The number of carbonyl (C=O) groups is 3. The summed E-state index contributed by atoms with van der Waals surface area (Å²) in [5, 5.41) is 0. The molecule has 3 fully saturated rings. The predicted molar refractivity (Wildman–Crippen MR) is 119 cm³/mol. The number of benzene rings is 2. The van der Waals surface area contributed by atoms with Crippen molar-refractivity contribution in [2.45, 2.75) is 29.0 Å². The number of hydrogen-bond acceptors (Lipinski definition) is 8. The molecular formula is C23H19N3O8S. The molecule has 2 unspecified atom stereocenters. The Hall–Kier alpha value is -3.64. The van der Waals surface area contributed by atoms with Crippen molar-refractivity contribution in [1.82, 2.24) is 4.31 Å². The first-order chi connectivity index (χ1) is 16.8. The smallest absolute Gasteiger partial charge is 0.415 e. The Labute approximate surface area is 199 Å². The lowest BCUT2D eigenvalue weighted by Crippen LogP contribution is -2.49. The molecule has 1 spiro atoms. The molecule has 35 heavy (non-hydrogen) atoms. The second kappa shape index (κ2) is 6.73. The van der Waals surface area contributed by atoms with Crippen LogP contribution in [0.4, 0.5) is 16.2 Å². The number of hydrogen-bond donors (Lipinski definition) is 0. The maximum Gasteiger partial charge on any atom is 0.415 e. The number of carbonyl (C=O) groups excluding carboxylic acids is 3. The van der Waals surface area contributed by atoms with Gasteiger partial charge in [-0.05, 0) is 24.3 Å². The van der Waals surface area contributed by atoms with E-state index >= 15 is 0 Å². The molecule has 0 radical (unpaired) electrons. The molecule has 11 nitrogen and oxygen atoms in total. The third-order valence-corrected chi connectivity index (χ3v) is 9.15. The molecule has 4 heterocycles. The summed E-state index contributed by atoms with van der Waals surface area (Å²) in [6.07, 6.45) is -0.434. The molecule has 2 aromatic rings. The zero-order chi connectivity index (χ0) is 24.1. The first-order valence-electron chi connectivity index (χ1n) is 11.2. The van der Waals surface area contributed by atoms with Crippen molar-refractivity contribution >= 4 is 39.3 Å². The third kappa shape index (κ3) is 2.63. The topological polar surface area (TPSA) is 123 Å². The van der Waals surface area contributed by atoms with E-state index in [0.29, 0.717) is 30.3 Å². The fourth-order valence-corrected chi connectivity index (χ4v) is 7.36. The van der Waals surface area contributed by atoms with E-state index in [1.165, 1.54) is 17.0 Å². The first kappa shape index (κ1) is 20.7. The minimum absolute atomic E-state index is 0.00434. The monoisotopic (exact) mass is 497 g/mol. The fraction of sp³-hybridized carbons (Fsp3) is 0.348. The van der Waals surface area contributed by atoms with Gasteiger partial charge in [0.05, 0.1) is 23.9 Å². The molecule has 3 atom stereocenters. The predicted octanol–water partition coefficient (Wildman–Crippen LogP) is 1.12. The van der Waals surface area contributed by atoms with Crippen LogP contribution in [0.3, 0.4) is 0 Å². The Morgan fingerprint density at radius 3 is 2.66 bits per heavy atom. The van der Waals surface area contributed by atoms with E-state index in [9.17, 15) is 22.8 Å². The summed E-state index contributed by atoms with van der Waals surface area (Å²) in [6.45, 7) is 0.906. The lowest BCUT2D eigenvalue weighted by atomic mass is 10.1. The molecule has 0 bridgehead atoms. The van der Waals surface area contributed by atoms with Gasteiger partial charge in [0.15, 0.2) is 5.60 Å². The number of amides is 3. The highest BCUT2D eigenvalue weighted by molar-refractivity contribution is 7.90. The average Bonchev–Trinajstić information content (AvgIpc) is 3.41. The van der Waals surface area contributed by atoms with Crippen LogP contribution in [0.15, 0.2) is 47.4 Å². The Kier molecular flexibility index (Phi) is 3.98. The van der Waals surface area contributed by atoms with E-state index in [4.69, 9.17) is 14.2 Å². The fourth-order valence-electron chi connectivity index (χ4n) is 5.56. The van der Waals surface area contributed by atoms with Crippen LogP contribution in [0, 0.1) is 0 Å². The van der Waals surface area contributed by atoms with Gasteiger partial charge in [0.1, 0.15) is 29.9 Å². The summed E-state index contributed by atoms with van der Waals surface area (Å²) in [5.74, 6) is -0.363. The maximum atomic E-state index is 13.1. The number of nitrogens with zero attached hydrogens (tertiary/aromatic N) is 3. The number of anilines is 2. The van der Waals surface area contributed by atoms with Crippen molar-refractivity contribution in [2.75, 3.05) is 36.2 Å². The standard InChI is InChI=1S/C23H19N3O8S/c27-20-12-32-8-7-24(20)13-5-6-15-16(9-13)33-11-19-23(34-22(29)25(15)19)10-18(23)26-21(28)14-3-1-2-4-17(14)35(26,30)31/h1-6,9,18-19H,7-8,10-12H2/t18?,19-,23?/m0/s1. The van der Waals surface area contributed by atoms with Crippen molar-refractivity contribution in [3.8, 4) is 5.75 Å². The van der Waals surface area contributed by atoms with Crippen LogP contribution in [0.1, 0.15) is 16.8 Å². The molecule has 5 aliphatic rings. The normalized spacial score (nSPS) is 30.1. The second-order valence-electron chi connectivity index (χ2n) is 9.09. The van der Waals surface area contributed by atoms with E-state index in [2.05, 4.69) is 0 Å². The highest BCUT2D eigenvalue weighted by Gasteiger charge is 2.75. The summed E-state index contributed by atoms with van der Waals surface area (Å²) in [5.41, 5.74) is 0.0372. The van der Waals surface area contributed by atoms with E-state index < -0.39 is 39.7 Å². The van der Waals surface area contributed by atoms with Gasteiger partial charge in [-0.25, -0.2) is 17.5 Å². The molecule has 0 aromatic heterocycles. The number of fused-ring (bicyclic) bond motifs is 5. The van der Waals surface area contributed by atoms with Gasteiger partial charge in [0.25, 0.3) is 21.8 Å². The Morgan fingerprint density at radius 2 is 1.86 bits per heavy atom. The average molecular weight is 497 g/mol. The molecule has 2 aromatic carbocycles. The highest BCUT2D eigenvalue weighted by atomic mass is 32.2. The summed E-state index contributed by atoms with van der Waals surface area (Å²) < 4.78 is 44.1. The van der Waals surface area contributed by atoms with Crippen molar-refractivity contribution in [2.24, 2.45) is 0 Å². The minimum Gasteiger partial charge on any atom is -0.489 e. The van der Waals surface area contributed by atoms with Crippen LogP contribution in [-0.2, 0) is 24.3 Å². The van der Waals surface area contributed by atoms with Gasteiger partial charge < -0.3 is 19.1 Å². The van der Waals surface area contributed by atoms with Crippen molar-refractivity contribution in [1.29, 1.82) is 0 Å². The van der Waals surface area contributed by atoms with Crippen LogP contribution < -0.4 is 14.5 Å². The first-order valence-corrected chi connectivity index (χ1v) is 12.6. The van der Waals surface area contributed by atoms with Crippen molar-refractivity contribution in [3.05, 3.63) is 48.0 Å². The van der Waals surface area contributed by atoms with Gasteiger partial charge in [-0.15, -0.1) is 0 Å². The molecule has 2 saturated heterocycles. The Bertz CT molecular complexity index is 1440. The largest absolute Gasteiger partial charge is 0.489 e. The van der Waals surface area contributed by atoms with Crippen LogP contribution in [-0.4, -0.2) is 74.7 Å². The quantitative estimate of drug-likeness (QED) is 0.605. The van der Waals surface area contributed by atoms with E-state index in [-0.39, 0.29) is 36.0 Å².